The van der Waals surface area contributed by atoms with Crippen molar-refractivity contribution in [2.75, 3.05) is 0 Å². The van der Waals surface area contributed by atoms with E-state index >= 15 is 0 Å². The number of hydrogen-bond acceptors (Lipinski definition) is 3. The molecule has 1 saturated carbocycles. The van der Waals surface area contributed by atoms with Crippen LogP contribution in [-0.2, 0) is 12.1 Å². The molecule has 2 rings (SSSR count). The molecule has 1 heterocycles. The number of aryl methyl sites for hydroxylation is 1. The van der Waals surface area contributed by atoms with E-state index in [4.69, 9.17) is 0 Å². The predicted octanol–water partition coefficient (Wildman–Crippen LogP) is 1.06. The molecule has 1 fully saturated rings. The molecule has 0 radical (unpaired) electrons. The van der Waals surface area contributed by atoms with Gasteiger partial charge in [-0.05, 0) is 25.7 Å². The van der Waals surface area contributed by atoms with Crippen LogP contribution >= 0.6 is 0 Å². The summed E-state index contributed by atoms with van der Waals surface area (Å²) in [6.07, 6.45) is 5.52. The topological polar surface area (TPSA) is 50.9 Å². The van der Waals surface area contributed by atoms with Crippen molar-refractivity contribution >= 4 is 0 Å². The van der Waals surface area contributed by atoms with Crippen molar-refractivity contribution in [3.8, 4) is 0 Å². The highest BCUT2D eigenvalue weighted by atomic mass is 16.3. The summed E-state index contributed by atoms with van der Waals surface area (Å²) in [6, 6.07) is 0. The molecule has 1 aliphatic carbocycles. The highest BCUT2D eigenvalue weighted by molar-refractivity contribution is 5.11. The van der Waals surface area contributed by atoms with E-state index in [1.165, 1.54) is 0 Å². The Morgan fingerprint density at radius 1 is 1.62 bits per heavy atom. The minimum absolute atomic E-state index is 0.626. The first-order chi connectivity index (χ1) is 6.26. The minimum Gasteiger partial charge on any atom is -0.384 e. The van der Waals surface area contributed by atoms with E-state index in [2.05, 4.69) is 17.2 Å². The third kappa shape index (κ3) is 1.35. The van der Waals surface area contributed by atoms with Crippen LogP contribution in [0.1, 0.15) is 38.3 Å². The Hall–Kier alpha value is -0.900. The van der Waals surface area contributed by atoms with E-state index in [1.54, 1.807) is 6.20 Å². The van der Waals surface area contributed by atoms with E-state index in [1.807, 2.05) is 4.68 Å². The van der Waals surface area contributed by atoms with Gasteiger partial charge in [0.15, 0.2) is 0 Å². The fraction of sp³-hybridized carbons (Fsp3) is 0.778. The third-order valence-corrected chi connectivity index (χ3v) is 2.71. The zero-order valence-corrected chi connectivity index (χ0v) is 7.90. The largest absolute Gasteiger partial charge is 0.384 e. The van der Waals surface area contributed by atoms with Gasteiger partial charge in [0, 0.05) is 6.54 Å². The van der Waals surface area contributed by atoms with Crippen molar-refractivity contribution in [1.29, 1.82) is 0 Å². The summed E-state index contributed by atoms with van der Waals surface area (Å²) in [5, 5.41) is 17.9. The van der Waals surface area contributed by atoms with Crippen LogP contribution in [-0.4, -0.2) is 20.1 Å². The Kier molecular flexibility index (Phi) is 2.07. The summed E-state index contributed by atoms with van der Waals surface area (Å²) in [7, 11) is 0. The fourth-order valence-electron chi connectivity index (χ4n) is 1.76. The summed E-state index contributed by atoms with van der Waals surface area (Å²) in [5.41, 5.74) is 0.263. The van der Waals surface area contributed by atoms with Gasteiger partial charge in [-0.1, -0.05) is 12.1 Å². The van der Waals surface area contributed by atoms with Crippen LogP contribution in [0, 0.1) is 0 Å². The van der Waals surface area contributed by atoms with Crippen LogP contribution in [0.25, 0.3) is 0 Å². The molecule has 0 aliphatic heterocycles. The average Bonchev–Trinajstić information content (AvgIpc) is 2.49. The smallest absolute Gasteiger partial charge is 0.108 e. The van der Waals surface area contributed by atoms with Crippen LogP contribution in [0.5, 0.6) is 0 Å². The minimum atomic E-state index is -0.626. The summed E-state index contributed by atoms with van der Waals surface area (Å²) in [6.45, 7) is 2.94. The van der Waals surface area contributed by atoms with Gasteiger partial charge in [-0.3, -0.25) is 0 Å². The van der Waals surface area contributed by atoms with Gasteiger partial charge in [0.2, 0.25) is 0 Å². The van der Waals surface area contributed by atoms with Crippen molar-refractivity contribution in [2.45, 2.75) is 44.8 Å². The van der Waals surface area contributed by atoms with Gasteiger partial charge < -0.3 is 5.11 Å². The molecule has 13 heavy (non-hydrogen) atoms. The quantitative estimate of drug-likeness (QED) is 0.758. The average molecular weight is 181 g/mol. The molecule has 0 bridgehead atoms. The van der Waals surface area contributed by atoms with E-state index < -0.39 is 5.60 Å². The summed E-state index contributed by atoms with van der Waals surface area (Å²) < 4.78 is 1.82. The maximum atomic E-state index is 10.1. The lowest BCUT2D eigenvalue weighted by Crippen LogP contribution is -2.36. The zero-order valence-electron chi connectivity index (χ0n) is 7.90. The standard InChI is InChI=1S/C9H15N3O/c1-2-6-12-8(7-10-11-12)9(13)4-3-5-9/h7,13H,2-6H2,1H3. The second kappa shape index (κ2) is 3.10. The molecule has 4 heteroatoms. The second-order valence-corrected chi connectivity index (χ2v) is 3.73. The molecule has 1 N–H and O–H groups in total. The van der Waals surface area contributed by atoms with Gasteiger partial charge in [-0.25, -0.2) is 4.68 Å². The van der Waals surface area contributed by atoms with Crippen molar-refractivity contribution in [1.82, 2.24) is 15.0 Å². The van der Waals surface area contributed by atoms with Crippen molar-refractivity contribution < 1.29 is 5.11 Å². The van der Waals surface area contributed by atoms with E-state index in [0.29, 0.717) is 0 Å². The predicted molar refractivity (Wildman–Crippen MR) is 48.1 cm³/mol. The first-order valence-electron chi connectivity index (χ1n) is 4.87. The zero-order chi connectivity index (χ0) is 9.31. The Labute approximate surface area is 77.6 Å². The van der Waals surface area contributed by atoms with Gasteiger partial charge in [0.25, 0.3) is 0 Å². The van der Waals surface area contributed by atoms with Gasteiger partial charge in [0.1, 0.15) is 5.60 Å². The Bertz CT molecular complexity index is 291. The van der Waals surface area contributed by atoms with Gasteiger partial charge in [-0.15, -0.1) is 5.10 Å². The lowest BCUT2D eigenvalue weighted by Gasteiger charge is -2.36. The molecular formula is C9H15N3O. The highest BCUT2D eigenvalue weighted by Gasteiger charge is 2.39. The molecule has 0 atom stereocenters. The summed E-state index contributed by atoms with van der Waals surface area (Å²) in [5.74, 6) is 0. The molecule has 0 spiro atoms. The molecule has 0 unspecified atom stereocenters. The van der Waals surface area contributed by atoms with Crippen LogP contribution in [0.15, 0.2) is 6.20 Å². The SMILES string of the molecule is CCCn1nncc1C1(O)CCC1. The lowest BCUT2D eigenvalue weighted by molar-refractivity contribution is -0.0464. The van der Waals surface area contributed by atoms with Crippen LogP contribution in [0.4, 0.5) is 0 Å². The molecule has 4 nitrogen and oxygen atoms in total. The highest BCUT2D eigenvalue weighted by Crippen LogP contribution is 2.40. The van der Waals surface area contributed by atoms with E-state index in [9.17, 15) is 5.11 Å². The normalized spacial score (nSPS) is 19.8. The van der Waals surface area contributed by atoms with Crippen molar-refractivity contribution in [3.63, 3.8) is 0 Å². The number of hydrogen-bond donors (Lipinski definition) is 1. The maximum absolute atomic E-state index is 10.1. The first-order valence-corrected chi connectivity index (χ1v) is 4.87. The van der Waals surface area contributed by atoms with Crippen LogP contribution in [0.2, 0.25) is 0 Å². The number of rotatable bonds is 3. The molecule has 0 aromatic carbocycles. The van der Waals surface area contributed by atoms with Crippen molar-refractivity contribution in [3.05, 3.63) is 11.9 Å². The van der Waals surface area contributed by atoms with E-state index in [0.717, 1.165) is 37.9 Å². The third-order valence-electron chi connectivity index (χ3n) is 2.71. The van der Waals surface area contributed by atoms with Crippen LogP contribution in [0.3, 0.4) is 0 Å². The molecule has 1 aliphatic rings. The number of aliphatic hydroxyl groups is 1. The molecule has 0 saturated heterocycles. The Morgan fingerprint density at radius 2 is 2.38 bits per heavy atom. The monoisotopic (exact) mass is 181 g/mol. The fourth-order valence-corrected chi connectivity index (χ4v) is 1.76. The molecule has 1 aromatic heterocycles. The molecule has 72 valence electrons. The lowest BCUT2D eigenvalue weighted by atomic mass is 9.78. The molecule has 0 amide bonds. The van der Waals surface area contributed by atoms with Gasteiger partial charge in [-0.2, -0.15) is 0 Å². The number of aromatic nitrogens is 3. The Balaban J connectivity index is 2.23. The maximum Gasteiger partial charge on any atom is 0.108 e. The molecule has 1 aromatic rings. The summed E-state index contributed by atoms with van der Waals surface area (Å²) >= 11 is 0. The first kappa shape index (κ1) is 8.69. The van der Waals surface area contributed by atoms with E-state index in [-0.39, 0.29) is 0 Å². The second-order valence-electron chi connectivity index (χ2n) is 3.73. The van der Waals surface area contributed by atoms with Gasteiger partial charge >= 0.3 is 0 Å². The molecular weight excluding hydrogens is 166 g/mol. The van der Waals surface area contributed by atoms with Gasteiger partial charge in [0.05, 0.1) is 11.9 Å². The Morgan fingerprint density at radius 3 is 2.92 bits per heavy atom. The number of nitrogens with zero attached hydrogens (tertiary/aromatic N) is 3. The summed E-state index contributed by atoms with van der Waals surface area (Å²) in [4.78, 5) is 0. The van der Waals surface area contributed by atoms with Crippen molar-refractivity contribution in [2.24, 2.45) is 0 Å². The van der Waals surface area contributed by atoms with Crippen LogP contribution < -0.4 is 0 Å².